The molecule has 4 rings (SSSR count). The molecule has 1 saturated heterocycles. The molecule has 0 unspecified atom stereocenters. The molecule has 0 spiro atoms. The first-order valence-electron chi connectivity index (χ1n) is 9.83. The fourth-order valence-corrected chi connectivity index (χ4v) is 4.68. The van der Waals surface area contributed by atoms with Crippen LogP contribution in [-0.2, 0) is 9.59 Å². The second-order valence-corrected chi connectivity index (χ2v) is 8.29. The second kappa shape index (κ2) is 9.34. The van der Waals surface area contributed by atoms with Crippen LogP contribution in [0.15, 0.2) is 47.3 Å². The molecule has 9 heteroatoms. The summed E-state index contributed by atoms with van der Waals surface area (Å²) < 4.78 is 1.64. The molecule has 1 fully saturated rings. The molecule has 8 nitrogen and oxygen atoms in total. The lowest BCUT2D eigenvalue weighted by Gasteiger charge is -2.46. The number of halogens is 1. The number of hydrogen-bond donors (Lipinski definition) is 1. The van der Waals surface area contributed by atoms with Gasteiger partial charge in [-0.1, -0.05) is 23.7 Å². The van der Waals surface area contributed by atoms with Gasteiger partial charge in [0.25, 0.3) is 17.9 Å². The standard InChI is InChI=1S/C21H22ClN3O3.CH2O2/c1-23(2)21(28)19-15-9-14(17-7-4-8-18(26)25(17)19)11-24(12-15)20(27)13-5-3-6-16(22)10-13;2-1-3/h3-8,10,14-15,19H,9,11-12H2,1-2H3;1H,(H,2,3)/t14-,15+,19-;/m1./s1. The normalized spacial score (nSPS) is 21.3. The molecule has 0 aliphatic carbocycles. The molecule has 2 aromatic rings. The van der Waals surface area contributed by atoms with Crippen LogP contribution < -0.4 is 5.56 Å². The minimum atomic E-state index is -0.593. The maximum Gasteiger partial charge on any atom is 0.290 e. The van der Waals surface area contributed by atoms with Crippen LogP contribution in [-0.4, -0.2) is 64.9 Å². The third kappa shape index (κ3) is 4.49. The van der Waals surface area contributed by atoms with Crippen molar-refractivity contribution in [1.82, 2.24) is 14.4 Å². The van der Waals surface area contributed by atoms with E-state index in [1.807, 2.05) is 6.07 Å². The van der Waals surface area contributed by atoms with E-state index in [-0.39, 0.29) is 35.7 Å². The van der Waals surface area contributed by atoms with Gasteiger partial charge in [-0.25, -0.2) is 0 Å². The van der Waals surface area contributed by atoms with Gasteiger partial charge in [-0.05, 0) is 30.7 Å². The Hall–Kier alpha value is -3.13. The lowest BCUT2D eigenvalue weighted by Crippen LogP contribution is -2.54. The quantitative estimate of drug-likeness (QED) is 0.713. The van der Waals surface area contributed by atoms with Crippen molar-refractivity contribution in [2.24, 2.45) is 5.92 Å². The summed E-state index contributed by atoms with van der Waals surface area (Å²) in [6, 6.07) is 11.4. The van der Waals surface area contributed by atoms with Gasteiger partial charge in [0, 0.05) is 61.4 Å². The molecule has 1 N–H and O–H groups in total. The third-order valence-electron chi connectivity index (χ3n) is 5.70. The maximum atomic E-state index is 13.1. The summed E-state index contributed by atoms with van der Waals surface area (Å²) in [6.45, 7) is 0.709. The number of likely N-dealkylation sites (tertiary alicyclic amines) is 1. The Balaban J connectivity index is 0.000000858. The average Bonchev–Trinajstić information content (AvgIpc) is 2.74. The Morgan fingerprint density at radius 3 is 2.48 bits per heavy atom. The molecule has 1 aromatic carbocycles. The van der Waals surface area contributed by atoms with E-state index in [0.717, 1.165) is 12.1 Å². The van der Waals surface area contributed by atoms with Crippen molar-refractivity contribution in [1.29, 1.82) is 0 Å². The highest BCUT2D eigenvalue weighted by atomic mass is 35.5. The summed E-state index contributed by atoms with van der Waals surface area (Å²) in [7, 11) is 3.39. The number of pyridine rings is 1. The van der Waals surface area contributed by atoms with Gasteiger partial charge in [0.1, 0.15) is 6.04 Å². The first kappa shape index (κ1) is 22.6. The van der Waals surface area contributed by atoms with E-state index >= 15 is 0 Å². The van der Waals surface area contributed by atoms with Crippen LogP contribution in [0.2, 0.25) is 5.02 Å². The van der Waals surface area contributed by atoms with Gasteiger partial charge in [0.15, 0.2) is 0 Å². The van der Waals surface area contributed by atoms with Crippen LogP contribution in [0.4, 0.5) is 0 Å². The zero-order valence-corrected chi connectivity index (χ0v) is 18.0. The molecule has 2 amide bonds. The number of carboxylic acid groups (broad SMARTS) is 1. The molecule has 1 aromatic heterocycles. The molecule has 3 heterocycles. The Kier molecular flexibility index (Phi) is 6.80. The topological polar surface area (TPSA) is 99.9 Å². The Bertz CT molecular complexity index is 1050. The van der Waals surface area contributed by atoms with E-state index in [2.05, 4.69) is 0 Å². The van der Waals surface area contributed by atoms with Crippen molar-refractivity contribution in [3.63, 3.8) is 0 Å². The van der Waals surface area contributed by atoms with Gasteiger partial charge >= 0.3 is 0 Å². The number of nitrogens with zero attached hydrogens (tertiary/aromatic N) is 3. The molecule has 2 aliphatic rings. The summed E-state index contributed by atoms with van der Waals surface area (Å²) in [4.78, 5) is 50.3. The summed E-state index contributed by atoms with van der Waals surface area (Å²) in [5, 5.41) is 7.40. The van der Waals surface area contributed by atoms with Gasteiger partial charge in [-0.3, -0.25) is 23.7 Å². The lowest BCUT2D eigenvalue weighted by atomic mass is 9.78. The van der Waals surface area contributed by atoms with Crippen LogP contribution >= 0.6 is 11.6 Å². The van der Waals surface area contributed by atoms with Crippen molar-refractivity contribution in [2.75, 3.05) is 27.2 Å². The Labute approximate surface area is 184 Å². The van der Waals surface area contributed by atoms with Gasteiger partial charge in [0.2, 0.25) is 5.91 Å². The maximum absolute atomic E-state index is 13.1. The molecule has 3 atom stereocenters. The number of piperidine rings is 1. The Morgan fingerprint density at radius 2 is 1.84 bits per heavy atom. The molecule has 2 aliphatic heterocycles. The molecule has 0 radical (unpaired) electrons. The van der Waals surface area contributed by atoms with Gasteiger partial charge < -0.3 is 14.9 Å². The second-order valence-electron chi connectivity index (χ2n) is 7.85. The van der Waals surface area contributed by atoms with Gasteiger partial charge in [-0.15, -0.1) is 0 Å². The number of hydrogen-bond acceptors (Lipinski definition) is 4. The highest BCUT2D eigenvalue weighted by Crippen LogP contribution is 2.42. The number of fused-ring (bicyclic) bond motifs is 4. The molecule has 164 valence electrons. The van der Waals surface area contributed by atoms with Gasteiger partial charge in [0.05, 0.1) is 0 Å². The Morgan fingerprint density at radius 1 is 1.16 bits per heavy atom. The van der Waals surface area contributed by atoms with E-state index in [0.29, 0.717) is 23.7 Å². The van der Waals surface area contributed by atoms with Crippen molar-refractivity contribution in [3.8, 4) is 0 Å². The number of benzene rings is 1. The minimum Gasteiger partial charge on any atom is -0.483 e. The van der Waals surface area contributed by atoms with Crippen molar-refractivity contribution in [2.45, 2.75) is 18.4 Å². The number of rotatable bonds is 2. The number of carbonyl (C=O) groups excluding carboxylic acids is 2. The van der Waals surface area contributed by atoms with Crippen LogP contribution in [0, 0.1) is 5.92 Å². The average molecular weight is 446 g/mol. The van der Waals surface area contributed by atoms with Gasteiger partial charge in [-0.2, -0.15) is 0 Å². The first-order valence-corrected chi connectivity index (χ1v) is 10.2. The zero-order valence-electron chi connectivity index (χ0n) is 17.3. The van der Waals surface area contributed by atoms with Crippen molar-refractivity contribution in [3.05, 3.63) is 69.1 Å². The smallest absolute Gasteiger partial charge is 0.290 e. The van der Waals surface area contributed by atoms with Crippen LogP contribution in [0.1, 0.15) is 34.4 Å². The lowest BCUT2D eigenvalue weighted by molar-refractivity contribution is -0.135. The minimum absolute atomic E-state index is 0.0296. The first-order chi connectivity index (χ1) is 14.8. The number of amides is 2. The molecular weight excluding hydrogens is 422 g/mol. The fraction of sp³-hybridized carbons (Fsp3) is 0.364. The van der Waals surface area contributed by atoms with Crippen LogP contribution in [0.3, 0.4) is 0 Å². The summed E-state index contributed by atoms with van der Waals surface area (Å²) >= 11 is 6.05. The third-order valence-corrected chi connectivity index (χ3v) is 5.93. The fourth-order valence-electron chi connectivity index (χ4n) is 4.49. The largest absolute Gasteiger partial charge is 0.483 e. The van der Waals surface area contributed by atoms with Crippen LogP contribution in [0.5, 0.6) is 0 Å². The number of likely N-dealkylation sites (N-methyl/N-ethyl adjacent to an activating group) is 1. The molecule has 0 saturated carbocycles. The summed E-state index contributed by atoms with van der Waals surface area (Å²) in [5.41, 5.74) is 1.20. The summed E-state index contributed by atoms with van der Waals surface area (Å²) in [5.74, 6) is -0.290. The number of carbonyl (C=O) groups is 3. The van der Waals surface area contributed by atoms with Crippen molar-refractivity contribution < 1.29 is 19.5 Å². The predicted molar refractivity (Wildman–Crippen MR) is 115 cm³/mol. The highest BCUT2D eigenvalue weighted by molar-refractivity contribution is 6.30. The highest BCUT2D eigenvalue weighted by Gasteiger charge is 2.45. The van der Waals surface area contributed by atoms with E-state index in [1.54, 1.807) is 53.9 Å². The number of aromatic nitrogens is 1. The van der Waals surface area contributed by atoms with E-state index < -0.39 is 6.04 Å². The van der Waals surface area contributed by atoms with E-state index in [1.165, 1.54) is 11.0 Å². The molecule has 31 heavy (non-hydrogen) atoms. The van der Waals surface area contributed by atoms with Crippen molar-refractivity contribution >= 4 is 29.9 Å². The molecular formula is C22H24ClN3O5. The van der Waals surface area contributed by atoms with E-state index in [9.17, 15) is 14.4 Å². The summed E-state index contributed by atoms with van der Waals surface area (Å²) in [6.07, 6.45) is 0.785. The molecule has 2 bridgehead atoms. The van der Waals surface area contributed by atoms with E-state index in [4.69, 9.17) is 21.5 Å². The predicted octanol–water partition coefficient (Wildman–Crippen LogP) is 2.09. The van der Waals surface area contributed by atoms with Crippen LogP contribution in [0.25, 0.3) is 0 Å². The SMILES string of the molecule is CN(C)C(=O)[C@H]1[C@H]2C[C@H](CN(C(=O)c3cccc(Cl)c3)C2)c2cccc(=O)n21.O=CO. The zero-order chi connectivity index (χ0) is 22.7. The monoisotopic (exact) mass is 445 g/mol.